The molecule has 0 saturated heterocycles. The van der Waals surface area contributed by atoms with Crippen molar-refractivity contribution in [2.75, 3.05) is 0 Å². The third kappa shape index (κ3) is 5.70. The number of amides is 2. The maximum absolute atomic E-state index is 12.4. The van der Waals surface area contributed by atoms with Crippen LogP contribution in [0, 0.1) is 0 Å². The fourth-order valence-electron chi connectivity index (χ4n) is 3.38. The van der Waals surface area contributed by atoms with E-state index in [0.29, 0.717) is 5.56 Å². The van der Waals surface area contributed by atoms with Gasteiger partial charge in [-0.05, 0) is 57.9 Å². The standard InChI is InChI=1S/C27H21N3O2S/c31-25(18-17-22-11-6-10-21-9-4-5-12-24(21)22)28-27(33)30-29-26(32)23-15-13-20(14-16-23)19-7-2-1-3-8-19/h1-18H,(H,29,32)(H2,28,30,31,33)/b18-17+. The molecule has 0 spiro atoms. The molecule has 0 atom stereocenters. The Morgan fingerprint density at radius 1 is 0.697 bits per heavy atom. The molecular formula is C27H21N3O2S. The zero-order valence-electron chi connectivity index (χ0n) is 17.6. The zero-order valence-corrected chi connectivity index (χ0v) is 18.4. The van der Waals surface area contributed by atoms with Crippen molar-refractivity contribution < 1.29 is 9.59 Å². The first-order chi connectivity index (χ1) is 16.1. The summed E-state index contributed by atoms with van der Waals surface area (Å²) in [6, 6.07) is 31.0. The molecule has 5 nitrogen and oxygen atoms in total. The molecule has 0 fully saturated rings. The van der Waals surface area contributed by atoms with Crippen LogP contribution >= 0.6 is 12.2 Å². The first kappa shape index (κ1) is 21.9. The van der Waals surface area contributed by atoms with E-state index < -0.39 is 5.91 Å². The Morgan fingerprint density at radius 2 is 1.36 bits per heavy atom. The highest BCUT2D eigenvalue weighted by molar-refractivity contribution is 7.80. The molecule has 0 radical (unpaired) electrons. The predicted molar refractivity (Wildman–Crippen MR) is 136 cm³/mol. The fourth-order valence-corrected chi connectivity index (χ4v) is 3.53. The van der Waals surface area contributed by atoms with Crippen molar-refractivity contribution in [3.8, 4) is 11.1 Å². The quantitative estimate of drug-likeness (QED) is 0.236. The van der Waals surface area contributed by atoms with Gasteiger partial charge in [0.2, 0.25) is 5.91 Å². The molecule has 4 aromatic rings. The summed E-state index contributed by atoms with van der Waals surface area (Å²) in [6.45, 7) is 0. The van der Waals surface area contributed by atoms with Gasteiger partial charge in [-0.15, -0.1) is 0 Å². The number of thiocarbonyl (C=S) groups is 1. The van der Waals surface area contributed by atoms with Gasteiger partial charge in [0.15, 0.2) is 5.11 Å². The number of rotatable bonds is 4. The van der Waals surface area contributed by atoms with Crippen molar-refractivity contribution in [3.63, 3.8) is 0 Å². The molecule has 2 amide bonds. The smallest absolute Gasteiger partial charge is 0.269 e. The SMILES string of the molecule is O=C(/C=C/c1cccc2ccccc12)NC(=S)NNC(=O)c1ccc(-c2ccccc2)cc1. The van der Waals surface area contributed by atoms with Gasteiger partial charge in [0.1, 0.15) is 0 Å². The molecule has 4 rings (SSSR count). The van der Waals surface area contributed by atoms with E-state index in [1.165, 1.54) is 6.08 Å². The van der Waals surface area contributed by atoms with Crippen LogP contribution in [0.1, 0.15) is 15.9 Å². The van der Waals surface area contributed by atoms with Crippen molar-refractivity contribution in [1.82, 2.24) is 16.2 Å². The highest BCUT2D eigenvalue weighted by Crippen LogP contribution is 2.20. The lowest BCUT2D eigenvalue weighted by Crippen LogP contribution is -2.48. The average molecular weight is 452 g/mol. The molecule has 0 aliphatic rings. The second kappa shape index (κ2) is 10.3. The van der Waals surface area contributed by atoms with E-state index in [0.717, 1.165) is 27.5 Å². The molecule has 6 heteroatoms. The van der Waals surface area contributed by atoms with Crippen LogP contribution in [0.4, 0.5) is 0 Å². The van der Waals surface area contributed by atoms with E-state index in [-0.39, 0.29) is 11.0 Å². The highest BCUT2D eigenvalue weighted by atomic mass is 32.1. The molecule has 0 aliphatic carbocycles. The third-order valence-corrected chi connectivity index (χ3v) is 5.22. The van der Waals surface area contributed by atoms with E-state index in [4.69, 9.17) is 12.2 Å². The van der Waals surface area contributed by atoms with Crippen molar-refractivity contribution in [2.45, 2.75) is 0 Å². The van der Waals surface area contributed by atoms with Crippen LogP contribution < -0.4 is 16.2 Å². The largest absolute Gasteiger partial charge is 0.298 e. The first-order valence-electron chi connectivity index (χ1n) is 10.3. The molecule has 0 aliphatic heterocycles. The van der Waals surface area contributed by atoms with Gasteiger partial charge in [-0.25, -0.2) is 0 Å². The van der Waals surface area contributed by atoms with E-state index in [1.54, 1.807) is 18.2 Å². The molecule has 0 heterocycles. The normalized spacial score (nSPS) is 10.7. The summed E-state index contributed by atoms with van der Waals surface area (Å²) in [6.07, 6.45) is 3.13. The van der Waals surface area contributed by atoms with Gasteiger partial charge in [0.05, 0.1) is 0 Å². The summed E-state index contributed by atoms with van der Waals surface area (Å²) in [4.78, 5) is 24.6. The van der Waals surface area contributed by atoms with E-state index in [9.17, 15) is 9.59 Å². The minimum atomic E-state index is -0.401. The maximum Gasteiger partial charge on any atom is 0.269 e. The van der Waals surface area contributed by atoms with Gasteiger partial charge < -0.3 is 0 Å². The second-order valence-electron chi connectivity index (χ2n) is 7.24. The Kier molecular flexibility index (Phi) is 6.87. The molecular weight excluding hydrogens is 430 g/mol. The molecule has 0 aromatic heterocycles. The predicted octanol–water partition coefficient (Wildman–Crippen LogP) is 4.86. The Hall–Kier alpha value is -4.29. The van der Waals surface area contributed by atoms with Crippen molar-refractivity contribution >= 4 is 46.0 Å². The molecule has 3 N–H and O–H groups in total. The van der Waals surface area contributed by atoms with Crippen LogP contribution in [0.5, 0.6) is 0 Å². The first-order valence-corrected chi connectivity index (χ1v) is 10.7. The van der Waals surface area contributed by atoms with Crippen molar-refractivity contribution in [3.05, 3.63) is 114 Å². The molecule has 33 heavy (non-hydrogen) atoms. The lowest BCUT2D eigenvalue weighted by molar-refractivity contribution is -0.115. The summed E-state index contributed by atoms with van der Waals surface area (Å²) in [5, 5.41) is 4.66. The topological polar surface area (TPSA) is 70.2 Å². The average Bonchev–Trinajstić information content (AvgIpc) is 2.86. The van der Waals surface area contributed by atoms with Crippen LogP contribution in [0.3, 0.4) is 0 Å². The van der Waals surface area contributed by atoms with Crippen LogP contribution in [0.25, 0.3) is 28.0 Å². The molecule has 0 saturated carbocycles. The number of fused-ring (bicyclic) bond motifs is 1. The van der Waals surface area contributed by atoms with Crippen molar-refractivity contribution in [1.29, 1.82) is 0 Å². The van der Waals surface area contributed by atoms with Crippen LogP contribution in [-0.4, -0.2) is 16.9 Å². The summed E-state index contributed by atoms with van der Waals surface area (Å²) >= 11 is 5.10. The van der Waals surface area contributed by atoms with Crippen molar-refractivity contribution in [2.24, 2.45) is 0 Å². The number of carbonyl (C=O) groups excluding carboxylic acids is 2. The number of hydrogen-bond acceptors (Lipinski definition) is 3. The number of carbonyl (C=O) groups is 2. The molecule has 4 aromatic carbocycles. The van der Waals surface area contributed by atoms with Gasteiger partial charge in [-0.1, -0.05) is 84.9 Å². The summed E-state index contributed by atoms with van der Waals surface area (Å²) in [5.41, 5.74) is 8.52. The Morgan fingerprint density at radius 3 is 2.15 bits per heavy atom. The number of nitrogens with one attached hydrogen (secondary N) is 3. The van der Waals surface area contributed by atoms with Gasteiger partial charge >= 0.3 is 0 Å². The van der Waals surface area contributed by atoms with Gasteiger partial charge in [0.25, 0.3) is 5.91 Å². The highest BCUT2D eigenvalue weighted by Gasteiger charge is 2.07. The van der Waals surface area contributed by atoms with Gasteiger partial charge in [-0.2, -0.15) is 0 Å². The molecule has 0 bridgehead atoms. The van der Waals surface area contributed by atoms with Crippen LogP contribution in [0.2, 0.25) is 0 Å². The molecule has 162 valence electrons. The Balaban J connectivity index is 1.29. The minimum absolute atomic E-state index is 0.00294. The number of hydrazine groups is 1. The minimum Gasteiger partial charge on any atom is -0.298 e. The summed E-state index contributed by atoms with van der Waals surface area (Å²) in [7, 11) is 0. The van der Waals surface area contributed by atoms with Crippen LogP contribution in [0.15, 0.2) is 103 Å². The maximum atomic E-state index is 12.4. The lowest BCUT2D eigenvalue weighted by atomic mass is 10.0. The van der Waals surface area contributed by atoms with E-state index in [1.807, 2.05) is 84.9 Å². The van der Waals surface area contributed by atoms with Gasteiger partial charge in [0, 0.05) is 11.6 Å². The summed E-state index contributed by atoms with van der Waals surface area (Å²) in [5.74, 6) is -0.764. The van der Waals surface area contributed by atoms with E-state index in [2.05, 4.69) is 16.2 Å². The van der Waals surface area contributed by atoms with Crippen LogP contribution in [-0.2, 0) is 4.79 Å². The monoisotopic (exact) mass is 451 g/mol. The number of hydrogen-bond donors (Lipinski definition) is 3. The Labute approximate surface area is 197 Å². The Bertz CT molecular complexity index is 1330. The lowest BCUT2D eigenvalue weighted by Gasteiger charge is -2.10. The van der Waals surface area contributed by atoms with E-state index >= 15 is 0 Å². The molecule has 0 unspecified atom stereocenters. The summed E-state index contributed by atoms with van der Waals surface area (Å²) < 4.78 is 0. The second-order valence-corrected chi connectivity index (χ2v) is 7.65. The van der Waals surface area contributed by atoms with Gasteiger partial charge in [-0.3, -0.25) is 25.8 Å². The third-order valence-electron chi connectivity index (χ3n) is 5.02. The zero-order chi connectivity index (χ0) is 23.0. The fraction of sp³-hybridized carbons (Fsp3) is 0. The number of benzene rings is 4.